The van der Waals surface area contributed by atoms with Gasteiger partial charge in [0, 0.05) is 30.6 Å². The fourth-order valence-electron chi connectivity index (χ4n) is 1.78. The normalized spacial score (nSPS) is 9.84. The van der Waals surface area contributed by atoms with Gasteiger partial charge in [0.25, 0.3) is 0 Å². The van der Waals surface area contributed by atoms with Crippen molar-refractivity contribution in [2.24, 2.45) is 0 Å². The molecule has 0 bridgehead atoms. The quantitative estimate of drug-likeness (QED) is 0.514. The summed E-state index contributed by atoms with van der Waals surface area (Å²) in [6.45, 7) is 6.62. The van der Waals surface area contributed by atoms with Gasteiger partial charge < -0.3 is 4.90 Å². The lowest BCUT2D eigenvalue weighted by atomic mass is 10.2. The first-order valence-corrected chi connectivity index (χ1v) is 7.62. The summed E-state index contributed by atoms with van der Waals surface area (Å²) < 4.78 is 0. The maximum absolute atomic E-state index is 5.87. The van der Waals surface area contributed by atoms with Crippen LogP contribution in [0.3, 0.4) is 0 Å². The molecule has 104 valence electrons. The van der Waals surface area contributed by atoms with E-state index in [1.54, 1.807) is 0 Å². The second kappa shape index (κ2) is 9.75. The van der Waals surface area contributed by atoms with E-state index in [2.05, 4.69) is 30.7 Å². The zero-order valence-electron chi connectivity index (χ0n) is 12.1. The molecule has 0 aliphatic heterocycles. The predicted molar refractivity (Wildman–Crippen MR) is 84.3 cm³/mol. The molecule has 0 radical (unpaired) electrons. The minimum atomic E-state index is 0.782. The van der Waals surface area contributed by atoms with Crippen LogP contribution in [0.2, 0.25) is 5.02 Å². The van der Waals surface area contributed by atoms with Crippen LogP contribution in [0, 0.1) is 12.0 Å². The summed E-state index contributed by atoms with van der Waals surface area (Å²) in [4.78, 5) is 2.27. The second-order valence-electron chi connectivity index (χ2n) is 4.79. The van der Waals surface area contributed by atoms with Gasteiger partial charge in [0.05, 0.1) is 0 Å². The summed E-state index contributed by atoms with van der Waals surface area (Å²) in [6.07, 6.45) is 5.69. The van der Waals surface area contributed by atoms with Gasteiger partial charge in [-0.2, -0.15) is 0 Å². The van der Waals surface area contributed by atoms with E-state index >= 15 is 0 Å². The van der Waals surface area contributed by atoms with Gasteiger partial charge in [-0.3, -0.25) is 0 Å². The van der Waals surface area contributed by atoms with Gasteiger partial charge >= 0.3 is 0 Å². The first-order chi connectivity index (χ1) is 9.26. The van der Waals surface area contributed by atoms with Gasteiger partial charge in [-0.15, -0.1) is 0 Å². The van der Waals surface area contributed by atoms with Gasteiger partial charge in [-0.1, -0.05) is 56.3 Å². The molecule has 0 amide bonds. The van der Waals surface area contributed by atoms with E-state index in [-0.39, 0.29) is 0 Å². The number of nitrogens with zero attached hydrogens (tertiary/aromatic N) is 1. The summed E-state index contributed by atoms with van der Waals surface area (Å²) in [5, 5.41) is 0.782. The Morgan fingerprint density at radius 3 is 2.11 bits per heavy atom. The molecular weight excluding hydrogens is 254 g/mol. The van der Waals surface area contributed by atoms with Crippen molar-refractivity contribution in [3.8, 4) is 12.0 Å². The number of unbranched alkanes of at least 4 members (excludes halogenated alkanes) is 2. The lowest BCUT2D eigenvalue weighted by Crippen LogP contribution is -2.20. The van der Waals surface area contributed by atoms with E-state index in [1.165, 1.54) is 31.2 Å². The van der Waals surface area contributed by atoms with Crippen molar-refractivity contribution < 1.29 is 0 Å². The summed E-state index contributed by atoms with van der Waals surface area (Å²) in [5.74, 6) is 3.27. The minimum Gasteiger partial charge on any atom is -0.333 e. The molecule has 0 spiro atoms. The Hall–Kier alpha value is -1.13. The van der Waals surface area contributed by atoms with E-state index in [1.807, 2.05) is 24.3 Å². The molecule has 1 nitrogen and oxygen atoms in total. The molecule has 2 heteroatoms. The molecule has 1 aromatic carbocycles. The van der Waals surface area contributed by atoms with Gasteiger partial charge in [0.1, 0.15) is 0 Å². The van der Waals surface area contributed by atoms with E-state index in [0.717, 1.165) is 24.5 Å². The molecule has 0 saturated heterocycles. The Morgan fingerprint density at radius 2 is 1.58 bits per heavy atom. The summed E-state index contributed by atoms with van der Waals surface area (Å²) >= 11 is 5.87. The van der Waals surface area contributed by atoms with E-state index < -0.39 is 0 Å². The molecule has 0 N–H and O–H groups in total. The average molecular weight is 278 g/mol. The lowest BCUT2D eigenvalue weighted by molar-refractivity contribution is 0.380. The van der Waals surface area contributed by atoms with Crippen LogP contribution in [0.1, 0.15) is 45.1 Å². The largest absolute Gasteiger partial charge is 0.333 e. The maximum atomic E-state index is 5.87. The molecule has 1 rings (SSSR count). The summed E-state index contributed by atoms with van der Waals surface area (Å²) in [7, 11) is 0. The van der Waals surface area contributed by atoms with Crippen LogP contribution >= 0.6 is 11.6 Å². The van der Waals surface area contributed by atoms with Crippen LogP contribution in [0.5, 0.6) is 0 Å². The SMILES string of the molecule is CCCCN(C#CCc1ccc(Cl)cc1)CCCC. The third-order valence-electron chi connectivity index (χ3n) is 3.01. The average Bonchev–Trinajstić information content (AvgIpc) is 2.43. The molecule has 0 fully saturated rings. The zero-order valence-corrected chi connectivity index (χ0v) is 12.8. The van der Waals surface area contributed by atoms with E-state index in [0.29, 0.717) is 0 Å². The number of benzene rings is 1. The first kappa shape index (κ1) is 15.9. The molecular formula is C17H24ClN. The van der Waals surface area contributed by atoms with Crippen molar-refractivity contribution in [1.82, 2.24) is 4.90 Å². The van der Waals surface area contributed by atoms with Crippen molar-refractivity contribution in [1.29, 1.82) is 0 Å². The molecule has 0 atom stereocenters. The van der Waals surface area contributed by atoms with Crippen molar-refractivity contribution in [2.75, 3.05) is 13.1 Å². The highest BCUT2D eigenvalue weighted by molar-refractivity contribution is 6.30. The standard InChI is InChI=1S/C17H24ClN/c1-3-5-13-19(14-6-4-2)15-7-8-16-9-11-17(18)12-10-16/h9-12H,3-6,8,13-14H2,1-2H3. The predicted octanol–water partition coefficient (Wildman–Crippen LogP) is 4.75. The van der Waals surface area contributed by atoms with Crippen molar-refractivity contribution in [3.05, 3.63) is 34.9 Å². The van der Waals surface area contributed by atoms with Crippen LogP contribution < -0.4 is 0 Å². The highest BCUT2D eigenvalue weighted by atomic mass is 35.5. The van der Waals surface area contributed by atoms with E-state index in [4.69, 9.17) is 11.6 Å². The Bertz CT molecular complexity index is 392. The van der Waals surface area contributed by atoms with Gasteiger partial charge in [0.2, 0.25) is 0 Å². The van der Waals surface area contributed by atoms with Crippen LogP contribution in [-0.4, -0.2) is 18.0 Å². The molecule has 0 aromatic heterocycles. The maximum Gasteiger partial charge on any atom is 0.0406 e. The molecule has 0 aliphatic carbocycles. The van der Waals surface area contributed by atoms with Crippen LogP contribution in [0.15, 0.2) is 24.3 Å². The third kappa shape index (κ3) is 7.13. The Balaban J connectivity index is 2.48. The molecule has 19 heavy (non-hydrogen) atoms. The topological polar surface area (TPSA) is 3.24 Å². The summed E-state index contributed by atoms with van der Waals surface area (Å²) in [6, 6.07) is 11.2. The highest BCUT2D eigenvalue weighted by Crippen LogP contribution is 2.09. The number of hydrogen-bond donors (Lipinski definition) is 0. The second-order valence-corrected chi connectivity index (χ2v) is 5.22. The van der Waals surface area contributed by atoms with Gasteiger partial charge in [0.15, 0.2) is 0 Å². The van der Waals surface area contributed by atoms with Crippen LogP contribution in [0.25, 0.3) is 0 Å². The molecule has 0 aliphatic rings. The Morgan fingerprint density at radius 1 is 1.00 bits per heavy atom. The van der Waals surface area contributed by atoms with Crippen LogP contribution in [0.4, 0.5) is 0 Å². The molecule has 0 unspecified atom stereocenters. The van der Waals surface area contributed by atoms with Crippen molar-refractivity contribution >= 4 is 11.6 Å². The highest BCUT2D eigenvalue weighted by Gasteiger charge is 1.97. The third-order valence-corrected chi connectivity index (χ3v) is 3.26. The monoisotopic (exact) mass is 277 g/mol. The smallest absolute Gasteiger partial charge is 0.0406 e. The van der Waals surface area contributed by atoms with Gasteiger partial charge in [-0.05, 0) is 30.5 Å². The van der Waals surface area contributed by atoms with Crippen molar-refractivity contribution in [2.45, 2.75) is 46.0 Å². The van der Waals surface area contributed by atoms with Crippen LogP contribution in [-0.2, 0) is 6.42 Å². The van der Waals surface area contributed by atoms with E-state index in [9.17, 15) is 0 Å². The number of halogens is 1. The molecule has 1 aromatic rings. The lowest BCUT2D eigenvalue weighted by Gasteiger charge is -2.16. The Labute approximate surface area is 123 Å². The molecule has 0 heterocycles. The summed E-state index contributed by atoms with van der Waals surface area (Å²) in [5.41, 5.74) is 1.22. The fourth-order valence-corrected chi connectivity index (χ4v) is 1.90. The molecule has 0 saturated carbocycles. The fraction of sp³-hybridized carbons (Fsp3) is 0.529. The Kier molecular flexibility index (Phi) is 8.18. The number of rotatable bonds is 7. The first-order valence-electron chi connectivity index (χ1n) is 7.24. The van der Waals surface area contributed by atoms with Gasteiger partial charge in [-0.25, -0.2) is 0 Å². The minimum absolute atomic E-state index is 0.782. The zero-order chi connectivity index (χ0) is 13.9. The number of hydrogen-bond acceptors (Lipinski definition) is 1. The van der Waals surface area contributed by atoms with Crippen molar-refractivity contribution in [3.63, 3.8) is 0 Å².